The summed E-state index contributed by atoms with van der Waals surface area (Å²) in [6.45, 7) is 0.525. The Balaban J connectivity index is 1.85. The van der Waals surface area contributed by atoms with Crippen LogP contribution in [0.2, 0.25) is 10.0 Å². The molecule has 2 N–H and O–H groups in total. The molecule has 1 aromatic heterocycles. The summed E-state index contributed by atoms with van der Waals surface area (Å²) in [4.78, 5) is 7.25. The van der Waals surface area contributed by atoms with Crippen LogP contribution in [0.5, 0.6) is 5.88 Å². The van der Waals surface area contributed by atoms with E-state index in [1.165, 1.54) is 0 Å². The molecule has 0 aliphatic rings. The molecule has 21 heavy (non-hydrogen) atoms. The molecule has 0 amide bonds. The van der Waals surface area contributed by atoms with E-state index in [-0.39, 0.29) is 5.88 Å². The fraction of sp³-hybridized carbons (Fsp3) is 0.0625. The van der Waals surface area contributed by atoms with Crippen LogP contribution in [0.1, 0.15) is 11.1 Å². The zero-order valence-electron chi connectivity index (χ0n) is 11.0. The topological polar surface area (TPSA) is 48.4 Å². The average Bonchev–Trinajstić information content (AvgIpc) is 2.76. The van der Waals surface area contributed by atoms with Crippen LogP contribution in [0.25, 0.3) is 10.9 Å². The second-order valence-corrected chi connectivity index (χ2v) is 5.55. The minimum absolute atomic E-state index is 0.0899. The van der Waals surface area contributed by atoms with Crippen molar-refractivity contribution in [2.75, 3.05) is 0 Å². The van der Waals surface area contributed by atoms with Crippen molar-refractivity contribution in [1.82, 2.24) is 4.98 Å². The van der Waals surface area contributed by atoms with E-state index in [0.717, 1.165) is 16.5 Å². The van der Waals surface area contributed by atoms with Crippen molar-refractivity contribution < 1.29 is 5.11 Å². The number of nitrogens with one attached hydrogen (secondary N) is 1. The molecule has 5 heteroatoms. The molecule has 2 aromatic carbocycles. The molecule has 0 aliphatic carbocycles. The first-order valence-electron chi connectivity index (χ1n) is 6.38. The Hall–Kier alpha value is -1.97. The lowest BCUT2D eigenvalue weighted by Crippen LogP contribution is -1.84. The van der Waals surface area contributed by atoms with E-state index in [4.69, 9.17) is 23.2 Å². The highest BCUT2D eigenvalue weighted by Crippen LogP contribution is 2.27. The van der Waals surface area contributed by atoms with E-state index >= 15 is 0 Å². The predicted molar refractivity (Wildman–Crippen MR) is 87.7 cm³/mol. The van der Waals surface area contributed by atoms with Crippen molar-refractivity contribution in [3.05, 3.63) is 63.6 Å². The molecule has 0 atom stereocenters. The molecule has 3 rings (SSSR count). The van der Waals surface area contributed by atoms with Gasteiger partial charge in [-0.3, -0.25) is 4.99 Å². The van der Waals surface area contributed by atoms with Crippen molar-refractivity contribution in [3.8, 4) is 5.88 Å². The molecule has 0 radical (unpaired) electrons. The van der Waals surface area contributed by atoms with Gasteiger partial charge >= 0.3 is 0 Å². The molecular weight excluding hydrogens is 307 g/mol. The van der Waals surface area contributed by atoms with E-state index in [0.29, 0.717) is 22.2 Å². The van der Waals surface area contributed by atoms with Gasteiger partial charge in [0, 0.05) is 21.6 Å². The first kappa shape index (κ1) is 14.0. The zero-order valence-corrected chi connectivity index (χ0v) is 12.5. The fourth-order valence-electron chi connectivity index (χ4n) is 2.14. The quantitative estimate of drug-likeness (QED) is 0.669. The zero-order chi connectivity index (χ0) is 14.8. The van der Waals surface area contributed by atoms with Gasteiger partial charge in [0.25, 0.3) is 0 Å². The number of halogens is 2. The maximum atomic E-state index is 9.95. The number of rotatable bonds is 3. The van der Waals surface area contributed by atoms with Crippen molar-refractivity contribution >= 4 is 40.3 Å². The van der Waals surface area contributed by atoms with Gasteiger partial charge in [0.05, 0.1) is 17.6 Å². The molecule has 0 unspecified atom stereocenters. The molecule has 0 saturated heterocycles. The summed E-state index contributed by atoms with van der Waals surface area (Å²) in [5.41, 5.74) is 2.50. The van der Waals surface area contributed by atoms with Crippen LogP contribution in [0, 0.1) is 0 Å². The van der Waals surface area contributed by atoms with Gasteiger partial charge in [-0.15, -0.1) is 0 Å². The van der Waals surface area contributed by atoms with Crippen molar-refractivity contribution in [3.63, 3.8) is 0 Å². The Morgan fingerprint density at radius 3 is 2.52 bits per heavy atom. The van der Waals surface area contributed by atoms with E-state index in [9.17, 15) is 5.11 Å². The van der Waals surface area contributed by atoms with Gasteiger partial charge < -0.3 is 10.1 Å². The van der Waals surface area contributed by atoms with E-state index in [1.807, 2.05) is 30.3 Å². The van der Waals surface area contributed by atoms with Gasteiger partial charge in [0.1, 0.15) is 0 Å². The molecule has 0 spiro atoms. The van der Waals surface area contributed by atoms with Crippen LogP contribution in [0.3, 0.4) is 0 Å². The number of hydrogen-bond donors (Lipinski definition) is 2. The van der Waals surface area contributed by atoms with Crippen LogP contribution in [0.15, 0.2) is 47.5 Å². The van der Waals surface area contributed by atoms with Gasteiger partial charge in [-0.25, -0.2) is 0 Å². The summed E-state index contributed by atoms with van der Waals surface area (Å²) in [5.74, 6) is 0.0899. The number of aromatic nitrogens is 1. The first-order valence-corrected chi connectivity index (χ1v) is 7.13. The summed E-state index contributed by atoms with van der Waals surface area (Å²) < 4.78 is 0. The number of hydrogen-bond acceptors (Lipinski definition) is 2. The average molecular weight is 319 g/mol. The summed E-state index contributed by atoms with van der Waals surface area (Å²) in [6.07, 6.45) is 1.66. The Bertz CT molecular complexity index is 807. The third-order valence-corrected chi connectivity index (χ3v) is 3.67. The molecule has 3 nitrogen and oxygen atoms in total. The lowest BCUT2D eigenvalue weighted by atomic mass is 10.2. The van der Waals surface area contributed by atoms with Gasteiger partial charge in [-0.05, 0) is 29.8 Å². The molecule has 3 aromatic rings. The number of H-pyrrole nitrogens is 1. The molecule has 0 aliphatic heterocycles. The van der Waals surface area contributed by atoms with Crippen LogP contribution < -0.4 is 0 Å². The van der Waals surface area contributed by atoms with Gasteiger partial charge in [-0.2, -0.15) is 0 Å². The standard InChI is InChI=1S/C16H12Cl2N2O/c17-11-3-1-10(2-4-11)8-19-9-14-13-6-5-12(18)7-15(13)20-16(14)21/h1-7,9,20-21H,8H2. The largest absolute Gasteiger partial charge is 0.494 e. The fourth-order valence-corrected chi connectivity index (χ4v) is 2.44. The van der Waals surface area contributed by atoms with Crippen molar-refractivity contribution in [2.24, 2.45) is 4.99 Å². The molecule has 106 valence electrons. The Morgan fingerprint density at radius 2 is 1.76 bits per heavy atom. The van der Waals surface area contributed by atoms with Gasteiger partial charge in [0.2, 0.25) is 0 Å². The number of aromatic amines is 1. The highest BCUT2D eigenvalue weighted by Gasteiger charge is 2.08. The van der Waals surface area contributed by atoms with Gasteiger partial charge in [-0.1, -0.05) is 41.4 Å². The number of benzene rings is 2. The molecule has 0 fully saturated rings. The summed E-state index contributed by atoms with van der Waals surface area (Å²) in [7, 11) is 0. The minimum Gasteiger partial charge on any atom is -0.494 e. The summed E-state index contributed by atoms with van der Waals surface area (Å²) >= 11 is 11.8. The molecule has 1 heterocycles. The summed E-state index contributed by atoms with van der Waals surface area (Å²) in [6, 6.07) is 12.9. The van der Waals surface area contributed by atoms with E-state index < -0.39 is 0 Å². The van der Waals surface area contributed by atoms with Crippen molar-refractivity contribution in [2.45, 2.75) is 6.54 Å². The third kappa shape index (κ3) is 3.04. The van der Waals surface area contributed by atoms with Crippen LogP contribution in [-0.2, 0) is 6.54 Å². The Morgan fingerprint density at radius 1 is 1.05 bits per heavy atom. The normalized spacial score (nSPS) is 11.5. The highest BCUT2D eigenvalue weighted by molar-refractivity contribution is 6.31. The number of nitrogens with zero attached hydrogens (tertiary/aromatic N) is 1. The molecule has 0 bridgehead atoms. The SMILES string of the molecule is Oc1[nH]c2cc(Cl)ccc2c1C=NCc1ccc(Cl)cc1. The van der Waals surface area contributed by atoms with Crippen molar-refractivity contribution in [1.29, 1.82) is 0 Å². The number of aromatic hydroxyl groups is 1. The lowest BCUT2D eigenvalue weighted by molar-refractivity contribution is 0.457. The summed E-state index contributed by atoms with van der Waals surface area (Å²) in [5, 5.41) is 12.2. The Kier molecular flexibility index (Phi) is 3.86. The van der Waals surface area contributed by atoms with Crippen LogP contribution in [-0.4, -0.2) is 16.3 Å². The van der Waals surface area contributed by atoms with E-state index in [1.54, 1.807) is 18.3 Å². The third-order valence-electron chi connectivity index (χ3n) is 3.19. The maximum Gasteiger partial charge on any atom is 0.198 e. The molecular formula is C16H12Cl2N2O. The lowest BCUT2D eigenvalue weighted by Gasteiger charge is -1.97. The first-order chi connectivity index (χ1) is 10.1. The maximum absolute atomic E-state index is 9.95. The highest BCUT2D eigenvalue weighted by atomic mass is 35.5. The minimum atomic E-state index is 0.0899. The predicted octanol–water partition coefficient (Wildman–Crippen LogP) is 4.80. The monoisotopic (exact) mass is 318 g/mol. The smallest absolute Gasteiger partial charge is 0.198 e. The molecule has 0 saturated carbocycles. The number of fused-ring (bicyclic) bond motifs is 1. The Labute approximate surface area is 131 Å². The second-order valence-electron chi connectivity index (χ2n) is 4.67. The van der Waals surface area contributed by atoms with Gasteiger partial charge in [0.15, 0.2) is 5.88 Å². The van der Waals surface area contributed by atoms with E-state index in [2.05, 4.69) is 9.98 Å². The van der Waals surface area contributed by atoms with Crippen LogP contribution >= 0.6 is 23.2 Å². The number of aliphatic imine (C=N–C) groups is 1. The van der Waals surface area contributed by atoms with Crippen LogP contribution in [0.4, 0.5) is 0 Å². The second kappa shape index (κ2) is 5.80.